The summed E-state index contributed by atoms with van der Waals surface area (Å²) in [5.41, 5.74) is 3.21. The average Bonchev–Trinajstić information content (AvgIpc) is 2.67. The van der Waals surface area contributed by atoms with Crippen molar-refractivity contribution in [3.8, 4) is 0 Å². The first kappa shape index (κ1) is 11.6. The van der Waals surface area contributed by atoms with Crippen LogP contribution >= 0.6 is 22.9 Å². The van der Waals surface area contributed by atoms with E-state index in [2.05, 4.69) is 0 Å². The van der Waals surface area contributed by atoms with Crippen LogP contribution in [0.1, 0.15) is 27.7 Å². The van der Waals surface area contributed by atoms with Gasteiger partial charge in [0.1, 0.15) is 6.10 Å². The molecule has 0 aliphatic heterocycles. The molecule has 1 aromatic carbocycles. The third-order valence-electron chi connectivity index (χ3n) is 2.59. The van der Waals surface area contributed by atoms with Gasteiger partial charge >= 0.3 is 0 Å². The Labute approximate surface area is 104 Å². The second-order valence-electron chi connectivity index (χ2n) is 3.93. The second-order valence-corrected chi connectivity index (χ2v) is 5.31. The van der Waals surface area contributed by atoms with E-state index in [0.29, 0.717) is 5.02 Å². The number of hydrogen-bond acceptors (Lipinski definition) is 2. The first-order chi connectivity index (χ1) is 7.58. The van der Waals surface area contributed by atoms with Gasteiger partial charge in [-0.05, 0) is 31.0 Å². The van der Waals surface area contributed by atoms with Gasteiger partial charge in [-0.2, -0.15) is 0 Å². The highest BCUT2D eigenvalue weighted by molar-refractivity contribution is 7.10. The van der Waals surface area contributed by atoms with Gasteiger partial charge in [0.25, 0.3) is 0 Å². The Morgan fingerprint density at radius 2 is 2.00 bits per heavy atom. The quantitative estimate of drug-likeness (QED) is 0.853. The predicted molar refractivity (Wildman–Crippen MR) is 69.3 cm³/mol. The molecule has 0 saturated carbocycles. The van der Waals surface area contributed by atoms with Gasteiger partial charge in [-0.15, -0.1) is 11.3 Å². The summed E-state index contributed by atoms with van der Waals surface area (Å²) < 4.78 is 0. The lowest BCUT2D eigenvalue weighted by Crippen LogP contribution is -2.00. The van der Waals surface area contributed by atoms with Gasteiger partial charge in [-0.25, -0.2) is 0 Å². The number of thiophene rings is 1. The molecular weight excluding hydrogens is 240 g/mol. The Balaban J connectivity index is 2.40. The first-order valence-electron chi connectivity index (χ1n) is 5.07. The fraction of sp³-hybridized carbons (Fsp3) is 0.231. The van der Waals surface area contributed by atoms with E-state index in [4.69, 9.17) is 11.6 Å². The van der Waals surface area contributed by atoms with Crippen LogP contribution in [-0.4, -0.2) is 5.11 Å². The van der Waals surface area contributed by atoms with Gasteiger partial charge < -0.3 is 5.11 Å². The van der Waals surface area contributed by atoms with E-state index >= 15 is 0 Å². The molecule has 2 aromatic rings. The lowest BCUT2D eigenvalue weighted by atomic mass is 10.00. The molecule has 1 heterocycles. The Hall–Kier alpha value is -0.830. The van der Waals surface area contributed by atoms with E-state index < -0.39 is 6.10 Å². The number of hydrogen-bond donors (Lipinski definition) is 1. The molecule has 16 heavy (non-hydrogen) atoms. The van der Waals surface area contributed by atoms with Crippen LogP contribution in [0.5, 0.6) is 0 Å². The highest BCUT2D eigenvalue weighted by Crippen LogP contribution is 2.31. The second kappa shape index (κ2) is 4.58. The minimum absolute atomic E-state index is 0.572. The molecule has 0 aliphatic rings. The van der Waals surface area contributed by atoms with Crippen LogP contribution in [0.3, 0.4) is 0 Å². The minimum atomic E-state index is -0.572. The van der Waals surface area contributed by atoms with E-state index in [1.807, 2.05) is 43.5 Å². The number of halogens is 1. The summed E-state index contributed by atoms with van der Waals surface area (Å²) in [7, 11) is 0. The molecule has 2 rings (SSSR count). The number of aliphatic hydroxyl groups is 1. The van der Waals surface area contributed by atoms with Crippen molar-refractivity contribution in [2.24, 2.45) is 0 Å². The monoisotopic (exact) mass is 252 g/mol. The van der Waals surface area contributed by atoms with Crippen LogP contribution in [0.25, 0.3) is 0 Å². The average molecular weight is 253 g/mol. The van der Waals surface area contributed by atoms with Gasteiger partial charge in [-0.1, -0.05) is 35.4 Å². The number of rotatable bonds is 2. The summed E-state index contributed by atoms with van der Waals surface area (Å²) in [5.74, 6) is 0. The highest BCUT2D eigenvalue weighted by atomic mass is 35.5. The van der Waals surface area contributed by atoms with E-state index in [1.54, 1.807) is 0 Å². The zero-order chi connectivity index (χ0) is 11.7. The van der Waals surface area contributed by atoms with Gasteiger partial charge in [0.05, 0.1) is 5.02 Å². The number of aryl methyl sites for hydroxylation is 2. The molecule has 84 valence electrons. The fourth-order valence-electron chi connectivity index (χ4n) is 1.68. The standard InChI is InChI=1S/C13H13ClOS/c1-8-3-4-9(2)11(5-8)13(15)12-6-10(14)7-16-12/h3-7,13,15H,1-2H3. The maximum atomic E-state index is 10.3. The fourth-order valence-corrected chi connectivity index (χ4v) is 2.76. The summed E-state index contributed by atoms with van der Waals surface area (Å²) in [6.07, 6.45) is -0.572. The Kier molecular flexibility index (Phi) is 3.33. The third kappa shape index (κ3) is 2.29. The van der Waals surface area contributed by atoms with E-state index in [-0.39, 0.29) is 0 Å². The lowest BCUT2D eigenvalue weighted by Gasteiger charge is -2.12. The van der Waals surface area contributed by atoms with Crippen molar-refractivity contribution in [3.05, 3.63) is 56.2 Å². The van der Waals surface area contributed by atoms with Crippen molar-refractivity contribution < 1.29 is 5.11 Å². The number of aliphatic hydroxyl groups excluding tert-OH is 1. The van der Waals surface area contributed by atoms with Crippen molar-refractivity contribution in [1.82, 2.24) is 0 Å². The van der Waals surface area contributed by atoms with E-state index in [1.165, 1.54) is 11.3 Å². The van der Waals surface area contributed by atoms with Crippen LogP contribution in [0.15, 0.2) is 29.6 Å². The molecule has 0 radical (unpaired) electrons. The van der Waals surface area contributed by atoms with Gasteiger partial charge in [-0.3, -0.25) is 0 Å². The molecule has 1 atom stereocenters. The molecule has 0 saturated heterocycles. The minimum Gasteiger partial charge on any atom is -0.383 e. The third-order valence-corrected chi connectivity index (χ3v) is 3.92. The van der Waals surface area contributed by atoms with Gasteiger partial charge in [0.2, 0.25) is 0 Å². The van der Waals surface area contributed by atoms with Gasteiger partial charge in [0.15, 0.2) is 0 Å². The molecule has 1 aromatic heterocycles. The summed E-state index contributed by atoms with van der Waals surface area (Å²) in [5, 5.41) is 12.8. The van der Waals surface area contributed by atoms with Crippen LogP contribution in [0, 0.1) is 13.8 Å². The molecule has 1 unspecified atom stereocenters. The first-order valence-corrected chi connectivity index (χ1v) is 6.33. The molecular formula is C13H13ClOS. The van der Waals surface area contributed by atoms with Crippen molar-refractivity contribution in [2.75, 3.05) is 0 Å². The Bertz CT molecular complexity index is 504. The maximum Gasteiger partial charge on any atom is 0.114 e. The normalized spacial score (nSPS) is 12.8. The largest absolute Gasteiger partial charge is 0.383 e. The Morgan fingerprint density at radius 1 is 1.25 bits per heavy atom. The predicted octanol–water partition coefficient (Wildman–Crippen LogP) is 4.10. The summed E-state index contributed by atoms with van der Waals surface area (Å²) in [6, 6.07) is 7.92. The molecule has 0 aliphatic carbocycles. The lowest BCUT2D eigenvalue weighted by molar-refractivity contribution is 0.223. The molecule has 0 fully saturated rings. The smallest absolute Gasteiger partial charge is 0.114 e. The van der Waals surface area contributed by atoms with E-state index in [9.17, 15) is 5.11 Å². The van der Waals surface area contributed by atoms with Crippen LogP contribution in [0.2, 0.25) is 5.02 Å². The summed E-state index contributed by atoms with van der Waals surface area (Å²) in [6.45, 7) is 4.03. The molecule has 3 heteroatoms. The maximum absolute atomic E-state index is 10.3. The molecule has 0 amide bonds. The van der Waals surface area contributed by atoms with Gasteiger partial charge in [0, 0.05) is 10.3 Å². The van der Waals surface area contributed by atoms with Crippen LogP contribution < -0.4 is 0 Å². The van der Waals surface area contributed by atoms with Crippen LogP contribution in [-0.2, 0) is 0 Å². The SMILES string of the molecule is Cc1ccc(C)c(C(O)c2cc(Cl)cs2)c1. The summed E-state index contributed by atoms with van der Waals surface area (Å²) >= 11 is 7.35. The van der Waals surface area contributed by atoms with E-state index in [0.717, 1.165) is 21.6 Å². The zero-order valence-corrected chi connectivity index (χ0v) is 10.8. The van der Waals surface area contributed by atoms with Crippen molar-refractivity contribution >= 4 is 22.9 Å². The molecule has 1 nitrogen and oxygen atoms in total. The van der Waals surface area contributed by atoms with Crippen molar-refractivity contribution in [2.45, 2.75) is 20.0 Å². The number of benzene rings is 1. The van der Waals surface area contributed by atoms with Crippen LogP contribution in [0.4, 0.5) is 0 Å². The topological polar surface area (TPSA) is 20.2 Å². The van der Waals surface area contributed by atoms with Crippen molar-refractivity contribution in [3.63, 3.8) is 0 Å². The molecule has 1 N–H and O–H groups in total. The Morgan fingerprint density at radius 3 is 2.62 bits per heavy atom. The molecule has 0 bridgehead atoms. The van der Waals surface area contributed by atoms with Crippen molar-refractivity contribution in [1.29, 1.82) is 0 Å². The molecule has 0 spiro atoms. The zero-order valence-electron chi connectivity index (χ0n) is 9.20. The summed E-state index contributed by atoms with van der Waals surface area (Å²) in [4.78, 5) is 0.888. The highest BCUT2D eigenvalue weighted by Gasteiger charge is 2.14.